The van der Waals surface area contributed by atoms with Crippen molar-refractivity contribution in [2.75, 3.05) is 0 Å². The van der Waals surface area contributed by atoms with E-state index in [0.717, 1.165) is 11.1 Å². The van der Waals surface area contributed by atoms with Crippen molar-refractivity contribution in [2.45, 2.75) is 12.5 Å². The molecule has 0 fully saturated rings. The van der Waals surface area contributed by atoms with E-state index in [4.69, 9.17) is 0 Å². The van der Waals surface area contributed by atoms with Gasteiger partial charge in [0.1, 0.15) is 5.76 Å². The highest BCUT2D eigenvalue weighted by molar-refractivity contribution is 5.64. The lowest BCUT2D eigenvalue weighted by Gasteiger charge is -2.18. The maximum absolute atomic E-state index is 9.52. The lowest BCUT2D eigenvalue weighted by molar-refractivity contribution is 0.178. The van der Waals surface area contributed by atoms with Gasteiger partial charge in [0.2, 0.25) is 0 Å². The van der Waals surface area contributed by atoms with Gasteiger partial charge in [-0.1, -0.05) is 24.3 Å². The van der Waals surface area contributed by atoms with Crippen molar-refractivity contribution in [1.29, 1.82) is 0 Å². The van der Waals surface area contributed by atoms with Crippen LogP contribution in [0.3, 0.4) is 0 Å². The Morgan fingerprint density at radius 2 is 2.00 bits per heavy atom. The van der Waals surface area contributed by atoms with E-state index in [2.05, 4.69) is 0 Å². The van der Waals surface area contributed by atoms with Gasteiger partial charge in [-0.25, -0.2) is 0 Å². The SMILES string of the molecule is OC1=CCC(O)c2ccccc21. The summed E-state index contributed by atoms with van der Waals surface area (Å²) in [4.78, 5) is 0. The molecule has 0 radical (unpaired) electrons. The minimum absolute atomic E-state index is 0.274. The van der Waals surface area contributed by atoms with Gasteiger partial charge in [0.05, 0.1) is 6.10 Å². The fraction of sp³-hybridized carbons (Fsp3) is 0.200. The maximum Gasteiger partial charge on any atom is 0.119 e. The summed E-state index contributed by atoms with van der Waals surface area (Å²) in [6.45, 7) is 0. The zero-order valence-corrected chi connectivity index (χ0v) is 6.57. The van der Waals surface area contributed by atoms with Crippen LogP contribution in [0.15, 0.2) is 30.3 Å². The van der Waals surface area contributed by atoms with E-state index in [-0.39, 0.29) is 5.76 Å². The quantitative estimate of drug-likeness (QED) is 0.612. The lowest BCUT2D eigenvalue weighted by atomic mass is 9.94. The predicted molar refractivity (Wildman–Crippen MR) is 46.6 cm³/mol. The number of aliphatic hydroxyl groups excluding tert-OH is 2. The largest absolute Gasteiger partial charge is 0.508 e. The summed E-state index contributed by atoms with van der Waals surface area (Å²) in [6.07, 6.45) is 1.69. The van der Waals surface area contributed by atoms with Gasteiger partial charge in [-0.3, -0.25) is 0 Å². The molecule has 62 valence electrons. The van der Waals surface area contributed by atoms with Crippen LogP contribution in [0.1, 0.15) is 23.7 Å². The Morgan fingerprint density at radius 3 is 2.75 bits per heavy atom. The average molecular weight is 162 g/mol. The smallest absolute Gasteiger partial charge is 0.119 e. The zero-order chi connectivity index (χ0) is 8.55. The molecule has 1 aliphatic rings. The number of hydrogen-bond donors (Lipinski definition) is 2. The molecule has 0 bridgehead atoms. The van der Waals surface area contributed by atoms with Crippen molar-refractivity contribution in [2.24, 2.45) is 0 Å². The predicted octanol–water partition coefficient (Wildman–Crippen LogP) is 2.02. The van der Waals surface area contributed by atoms with Crippen molar-refractivity contribution < 1.29 is 10.2 Å². The van der Waals surface area contributed by atoms with Gasteiger partial charge in [-0.05, 0) is 18.1 Å². The molecule has 0 aliphatic heterocycles. The highest BCUT2D eigenvalue weighted by Gasteiger charge is 2.17. The number of benzene rings is 1. The van der Waals surface area contributed by atoms with Gasteiger partial charge in [-0.15, -0.1) is 0 Å². The van der Waals surface area contributed by atoms with Crippen LogP contribution in [-0.4, -0.2) is 10.2 Å². The lowest BCUT2D eigenvalue weighted by Crippen LogP contribution is -2.05. The third kappa shape index (κ3) is 1.01. The van der Waals surface area contributed by atoms with E-state index < -0.39 is 6.10 Å². The fourth-order valence-corrected chi connectivity index (χ4v) is 1.48. The van der Waals surface area contributed by atoms with E-state index in [1.807, 2.05) is 24.3 Å². The first kappa shape index (κ1) is 7.37. The molecular formula is C10H10O2. The molecule has 2 heteroatoms. The number of hydrogen-bond acceptors (Lipinski definition) is 2. The fourth-order valence-electron chi connectivity index (χ4n) is 1.48. The molecule has 0 heterocycles. The van der Waals surface area contributed by atoms with E-state index in [1.54, 1.807) is 6.08 Å². The van der Waals surface area contributed by atoms with Crippen LogP contribution in [0.4, 0.5) is 0 Å². The molecule has 2 nitrogen and oxygen atoms in total. The molecule has 2 rings (SSSR count). The van der Waals surface area contributed by atoms with Gasteiger partial charge in [0.25, 0.3) is 0 Å². The summed E-state index contributed by atoms with van der Waals surface area (Å²) in [5.74, 6) is 0.274. The Morgan fingerprint density at radius 1 is 1.25 bits per heavy atom. The minimum atomic E-state index is -0.461. The molecule has 0 spiro atoms. The molecule has 1 atom stereocenters. The molecule has 1 unspecified atom stereocenters. The number of fused-ring (bicyclic) bond motifs is 1. The van der Waals surface area contributed by atoms with Crippen molar-refractivity contribution in [1.82, 2.24) is 0 Å². The van der Waals surface area contributed by atoms with E-state index in [1.165, 1.54) is 0 Å². The third-order valence-electron chi connectivity index (χ3n) is 2.13. The summed E-state index contributed by atoms with van der Waals surface area (Å²) >= 11 is 0. The summed E-state index contributed by atoms with van der Waals surface area (Å²) in [5.41, 5.74) is 1.56. The molecule has 0 aromatic heterocycles. The molecule has 12 heavy (non-hydrogen) atoms. The molecule has 1 aliphatic carbocycles. The molecule has 2 N–H and O–H groups in total. The summed E-state index contributed by atoms with van der Waals surface area (Å²) in [5, 5.41) is 19.0. The second kappa shape index (κ2) is 2.64. The highest BCUT2D eigenvalue weighted by atomic mass is 16.3. The summed E-state index contributed by atoms with van der Waals surface area (Å²) in [7, 11) is 0. The minimum Gasteiger partial charge on any atom is -0.508 e. The Balaban J connectivity index is 2.58. The molecule has 0 amide bonds. The van der Waals surface area contributed by atoms with Gasteiger partial charge in [-0.2, -0.15) is 0 Å². The summed E-state index contributed by atoms with van der Waals surface area (Å²) < 4.78 is 0. The second-order valence-electron chi connectivity index (χ2n) is 2.93. The summed E-state index contributed by atoms with van der Waals surface area (Å²) in [6, 6.07) is 7.36. The van der Waals surface area contributed by atoms with Crippen LogP contribution >= 0.6 is 0 Å². The number of aliphatic hydroxyl groups is 2. The Kier molecular flexibility index (Phi) is 1.62. The normalized spacial score (nSPS) is 21.4. The van der Waals surface area contributed by atoms with Gasteiger partial charge in [0, 0.05) is 5.56 Å². The van der Waals surface area contributed by atoms with Gasteiger partial charge in [0.15, 0.2) is 0 Å². The van der Waals surface area contributed by atoms with Crippen molar-refractivity contribution >= 4 is 5.76 Å². The monoisotopic (exact) mass is 162 g/mol. The van der Waals surface area contributed by atoms with Gasteiger partial charge >= 0.3 is 0 Å². The molecule has 0 saturated heterocycles. The van der Waals surface area contributed by atoms with Crippen LogP contribution in [0.25, 0.3) is 5.76 Å². The van der Waals surface area contributed by atoms with Crippen molar-refractivity contribution in [3.63, 3.8) is 0 Å². The topological polar surface area (TPSA) is 40.5 Å². The van der Waals surface area contributed by atoms with Gasteiger partial charge < -0.3 is 10.2 Å². The molecular weight excluding hydrogens is 152 g/mol. The van der Waals surface area contributed by atoms with Crippen LogP contribution in [0.2, 0.25) is 0 Å². The second-order valence-corrected chi connectivity index (χ2v) is 2.93. The Bertz CT molecular complexity index is 328. The van der Waals surface area contributed by atoms with Crippen LogP contribution < -0.4 is 0 Å². The zero-order valence-electron chi connectivity index (χ0n) is 6.57. The Hall–Kier alpha value is -1.28. The standard InChI is InChI=1S/C10H10O2/c11-9-5-6-10(12)8-4-2-1-3-7(8)9/h1-5,10-12H,6H2. The number of rotatable bonds is 0. The maximum atomic E-state index is 9.52. The van der Waals surface area contributed by atoms with E-state index >= 15 is 0 Å². The average Bonchev–Trinajstić information content (AvgIpc) is 2.12. The van der Waals surface area contributed by atoms with Crippen molar-refractivity contribution in [3.05, 3.63) is 41.5 Å². The first-order valence-corrected chi connectivity index (χ1v) is 3.95. The third-order valence-corrected chi connectivity index (χ3v) is 2.13. The highest BCUT2D eigenvalue weighted by Crippen LogP contribution is 2.30. The Labute approximate surface area is 70.8 Å². The van der Waals surface area contributed by atoms with Crippen molar-refractivity contribution in [3.8, 4) is 0 Å². The van der Waals surface area contributed by atoms with E-state index in [0.29, 0.717) is 6.42 Å². The molecule has 0 saturated carbocycles. The first-order chi connectivity index (χ1) is 5.79. The van der Waals surface area contributed by atoms with Crippen LogP contribution in [0.5, 0.6) is 0 Å². The van der Waals surface area contributed by atoms with E-state index in [9.17, 15) is 10.2 Å². The molecule has 1 aromatic carbocycles. The van der Waals surface area contributed by atoms with Crippen LogP contribution in [0, 0.1) is 0 Å². The van der Waals surface area contributed by atoms with Crippen LogP contribution in [-0.2, 0) is 0 Å². The molecule has 1 aromatic rings. The first-order valence-electron chi connectivity index (χ1n) is 3.95.